The Morgan fingerprint density at radius 3 is 2.77 bits per heavy atom. The Morgan fingerprint density at radius 2 is 2.00 bits per heavy atom. The third-order valence-electron chi connectivity index (χ3n) is 5.67. The molecule has 3 heterocycles. The average Bonchev–Trinajstić information content (AvgIpc) is 3.20. The summed E-state index contributed by atoms with van der Waals surface area (Å²) in [6, 6.07) is 12.2. The van der Waals surface area contributed by atoms with Gasteiger partial charge < -0.3 is 19.0 Å². The second-order valence-corrected chi connectivity index (χ2v) is 7.90. The molecule has 2 aromatic carbocycles. The van der Waals surface area contributed by atoms with Crippen molar-refractivity contribution in [3.63, 3.8) is 0 Å². The first-order valence-electron chi connectivity index (χ1n) is 9.91. The van der Waals surface area contributed by atoms with Crippen LogP contribution in [-0.4, -0.2) is 36.0 Å². The van der Waals surface area contributed by atoms with Crippen LogP contribution in [0.4, 0.5) is 0 Å². The molecule has 0 saturated carbocycles. The molecule has 0 aliphatic carbocycles. The monoisotopic (exact) mass is 434 g/mol. The van der Waals surface area contributed by atoms with Gasteiger partial charge in [0.1, 0.15) is 11.3 Å². The van der Waals surface area contributed by atoms with Crippen LogP contribution >= 0.6 is 11.6 Å². The van der Waals surface area contributed by atoms with E-state index in [0.717, 1.165) is 16.5 Å². The smallest absolute Gasteiger partial charge is 0.337 e. The molecule has 1 aliphatic rings. The lowest BCUT2D eigenvalue weighted by atomic mass is 9.98. The minimum absolute atomic E-state index is 0.191. The van der Waals surface area contributed by atoms with Crippen molar-refractivity contribution < 1.29 is 13.9 Å². The van der Waals surface area contributed by atoms with E-state index in [1.54, 1.807) is 23.1 Å². The molecule has 156 valence electrons. The predicted molar refractivity (Wildman–Crippen MR) is 121 cm³/mol. The number of nitrogens with zero attached hydrogens (tertiary/aromatic N) is 1. The van der Waals surface area contributed by atoms with E-state index in [-0.39, 0.29) is 5.91 Å². The van der Waals surface area contributed by atoms with Gasteiger partial charge in [0, 0.05) is 58.3 Å². The number of carbonyl (C=O) groups is 1. The summed E-state index contributed by atoms with van der Waals surface area (Å²) in [5.74, 6) is 0.370. The van der Waals surface area contributed by atoms with Crippen molar-refractivity contribution in [2.75, 3.05) is 20.2 Å². The first-order chi connectivity index (χ1) is 15.0. The van der Waals surface area contributed by atoms with Crippen molar-refractivity contribution >= 4 is 45.0 Å². The number of nitrogens with one attached hydrogen (secondary N) is 1. The fourth-order valence-electron chi connectivity index (χ4n) is 4.08. The molecule has 31 heavy (non-hydrogen) atoms. The van der Waals surface area contributed by atoms with Crippen molar-refractivity contribution in [3.8, 4) is 5.75 Å². The van der Waals surface area contributed by atoms with Gasteiger partial charge in [0.15, 0.2) is 0 Å². The maximum atomic E-state index is 13.2. The summed E-state index contributed by atoms with van der Waals surface area (Å²) in [7, 11) is 1.54. The molecule has 2 aromatic heterocycles. The molecule has 4 aromatic rings. The van der Waals surface area contributed by atoms with Crippen molar-refractivity contribution in [2.45, 2.75) is 6.42 Å². The number of carbonyl (C=O) groups excluding carboxylic acids is 1. The van der Waals surface area contributed by atoms with Crippen molar-refractivity contribution in [1.29, 1.82) is 0 Å². The summed E-state index contributed by atoms with van der Waals surface area (Å²) in [5.41, 5.74) is 3.40. The van der Waals surface area contributed by atoms with Gasteiger partial charge in [-0.1, -0.05) is 23.7 Å². The van der Waals surface area contributed by atoms with Crippen LogP contribution in [-0.2, 0) is 0 Å². The maximum absolute atomic E-state index is 13.2. The number of aromatic nitrogens is 1. The van der Waals surface area contributed by atoms with Gasteiger partial charge >= 0.3 is 5.63 Å². The van der Waals surface area contributed by atoms with E-state index >= 15 is 0 Å². The summed E-state index contributed by atoms with van der Waals surface area (Å²) in [6.07, 6.45) is 4.76. The quantitative estimate of drug-likeness (QED) is 0.467. The molecule has 1 amide bonds. The van der Waals surface area contributed by atoms with E-state index in [9.17, 15) is 9.59 Å². The van der Waals surface area contributed by atoms with E-state index in [4.69, 9.17) is 20.8 Å². The average molecular weight is 435 g/mol. The largest absolute Gasteiger partial charge is 0.497 e. The highest BCUT2D eigenvalue weighted by Crippen LogP contribution is 2.31. The minimum Gasteiger partial charge on any atom is -0.497 e. The number of fused-ring (bicyclic) bond motifs is 2. The molecule has 0 atom stereocenters. The van der Waals surface area contributed by atoms with Crippen molar-refractivity contribution in [1.82, 2.24) is 9.88 Å². The number of rotatable bonds is 3. The first kappa shape index (κ1) is 19.5. The molecule has 0 unspecified atom stereocenters. The lowest BCUT2D eigenvalue weighted by molar-refractivity contribution is 0.0774. The molecule has 1 N–H and O–H groups in total. The van der Waals surface area contributed by atoms with E-state index in [0.29, 0.717) is 46.8 Å². The molecular formula is C24H19ClN2O4. The topological polar surface area (TPSA) is 75.5 Å². The Balaban J connectivity index is 1.44. The second-order valence-electron chi connectivity index (χ2n) is 7.46. The zero-order valence-corrected chi connectivity index (χ0v) is 17.5. The van der Waals surface area contributed by atoms with Gasteiger partial charge in [0.25, 0.3) is 5.91 Å². The van der Waals surface area contributed by atoms with Gasteiger partial charge in [-0.25, -0.2) is 4.79 Å². The Morgan fingerprint density at radius 1 is 1.16 bits per heavy atom. The third-order valence-corrected chi connectivity index (χ3v) is 5.90. The summed E-state index contributed by atoms with van der Waals surface area (Å²) in [4.78, 5) is 30.3. The molecule has 1 aliphatic heterocycles. The van der Waals surface area contributed by atoms with Crippen LogP contribution in [0.5, 0.6) is 5.75 Å². The zero-order valence-electron chi connectivity index (χ0n) is 16.8. The number of halogens is 1. The van der Waals surface area contributed by atoms with Gasteiger partial charge in [0.2, 0.25) is 0 Å². The van der Waals surface area contributed by atoms with E-state index in [2.05, 4.69) is 11.1 Å². The van der Waals surface area contributed by atoms with Gasteiger partial charge in [0.05, 0.1) is 12.7 Å². The molecule has 6 nitrogen and oxygen atoms in total. The number of hydrogen-bond acceptors (Lipinski definition) is 4. The normalized spacial score (nSPS) is 14.1. The molecule has 0 fully saturated rings. The van der Waals surface area contributed by atoms with Crippen LogP contribution in [0.2, 0.25) is 5.02 Å². The minimum atomic E-state index is -0.560. The zero-order chi connectivity index (χ0) is 21.5. The number of hydrogen-bond donors (Lipinski definition) is 1. The lowest BCUT2D eigenvalue weighted by Gasteiger charge is -2.27. The highest BCUT2D eigenvalue weighted by atomic mass is 35.5. The summed E-state index contributed by atoms with van der Waals surface area (Å²) < 4.78 is 10.5. The summed E-state index contributed by atoms with van der Waals surface area (Å²) >= 11 is 6.08. The SMILES string of the molecule is COc1ccc2c(C(=O)N3CC=C(c4c[nH]c5cc(Cl)ccc45)CC3)cc(=O)oc2c1. The van der Waals surface area contributed by atoms with Crippen LogP contribution in [0.1, 0.15) is 22.3 Å². The molecular weight excluding hydrogens is 416 g/mol. The number of H-pyrrole nitrogens is 1. The number of methoxy groups -OCH3 is 1. The molecule has 7 heteroatoms. The van der Waals surface area contributed by atoms with E-state index in [1.165, 1.54) is 18.7 Å². The van der Waals surface area contributed by atoms with Gasteiger partial charge in [-0.15, -0.1) is 0 Å². The third kappa shape index (κ3) is 3.49. The number of benzene rings is 2. The maximum Gasteiger partial charge on any atom is 0.337 e. The molecule has 0 radical (unpaired) electrons. The van der Waals surface area contributed by atoms with E-state index in [1.807, 2.05) is 24.4 Å². The standard InChI is InChI=1S/C24H19ClN2O4/c1-30-16-3-5-18-19(12-23(28)31-22(18)11-16)24(29)27-8-6-14(7-9-27)20-13-26-21-10-15(25)2-4-17(20)21/h2-6,10-13,26H,7-9H2,1H3. The van der Waals surface area contributed by atoms with Crippen LogP contribution in [0.25, 0.3) is 27.4 Å². The fraction of sp³-hybridized carbons (Fsp3) is 0.167. The van der Waals surface area contributed by atoms with Crippen molar-refractivity contribution in [2.24, 2.45) is 0 Å². The molecule has 0 bridgehead atoms. The van der Waals surface area contributed by atoms with Crippen molar-refractivity contribution in [3.05, 3.63) is 81.3 Å². The number of ether oxygens (including phenoxy) is 1. The Labute approximate surface area is 182 Å². The highest BCUT2D eigenvalue weighted by molar-refractivity contribution is 6.31. The fourth-order valence-corrected chi connectivity index (χ4v) is 4.25. The Bertz CT molecular complexity index is 1420. The predicted octanol–water partition coefficient (Wildman–Crippen LogP) is 4.87. The Hall–Kier alpha value is -3.51. The number of amides is 1. The van der Waals surface area contributed by atoms with Gasteiger partial charge in [-0.2, -0.15) is 0 Å². The van der Waals surface area contributed by atoms with Crippen LogP contribution in [0.3, 0.4) is 0 Å². The number of aromatic amines is 1. The molecule has 0 spiro atoms. The summed E-state index contributed by atoms with van der Waals surface area (Å²) in [5, 5.41) is 2.39. The highest BCUT2D eigenvalue weighted by Gasteiger charge is 2.23. The van der Waals surface area contributed by atoms with Gasteiger partial charge in [-0.05, 0) is 36.3 Å². The Kier molecular flexibility index (Phi) is 4.79. The molecule has 0 saturated heterocycles. The first-order valence-corrected chi connectivity index (χ1v) is 10.3. The van der Waals surface area contributed by atoms with E-state index < -0.39 is 5.63 Å². The van der Waals surface area contributed by atoms with Crippen LogP contribution < -0.4 is 10.4 Å². The van der Waals surface area contributed by atoms with Crippen LogP contribution in [0, 0.1) is 0 Å². The van der Waals surface area contributed by atoms with Gasteiger partial charge in [-0.3, -0.25) is 4.79 Å². The second kappa shape index (κ2) is 7.63. The molecule has 5 rings (SSSR count). The summed E-state index contributed by atoms with van der Waals surface area (Å²) in [6.45, 7) is 1.02. The van der Waals surface area contributed by atoms with Crippen LogP contribution in [0.15, 0.2) is 63.9 Å². The lowest BCUT2D eigenvalue weighted by Crippen LogP contribution is -2.35.